The van der Waals surface area contributed by atoms with E-state index in [1.165, 1.54) is 4.31 Å². The monoisotopic (exact) mass is 218 g/mol. The topological polar surface area (TPSA) is 37.4 Å². The van der Waals surface area contributed by atoms with Crippen LogP contribution in [0.15, 0.2) is 0 Å². The molecule has 1 fully saturated rings. The van der Waals surface area contributed by atoms with Crippen molar-refractivity contribution in [2.24, 2.45) is 5.41 Å². The Labute approximate surface area is 87.5 Å². The van der Waals surface area contributed by atoms with Crippen LogP contribution in [0.25, 0.3) is 0 Å². The standard InChI is InChI=1S/C10H20NO2S/c1-10(2,3)7-8-11(4)14(12,13)9-5-6-9/h7,9H,5-6,8H2,1-4H3. The summed E-state index contributed by atoms with van der Waals surface area (Å²) in [7, 11) is -1.32. The predicted octanol–water partition coefficient (Wildman–Crippen LogP) is 1.66. The predicted molar refractivity (Wildman–Crippen MR) is 58.3 cm³/mol. The van der Waals surface area contributed by atoms with Crippen molar-refractivity contribution in [2.75, 3.05) is 13.6 Å². The molecule has 1 aliphatic rings. The molecular formula is C10H20NO2S. The normalized spacial score (nSPS) is 18.9. The Bertz CT molecular complexity index is 286. The van der Waals surface area contributed by atoms with Gasteiger partial charge in [-0.15, -0.1) is 0 Å². The molecule has 1 aliphatic carbocycles. The molecule has 83 valence electrons. The van der Waals surface area contributed by atoms with Crippen molar-refractivity contribution in [2.45, 2.75) is 38.9 Å². The Hall–Kier alpha value is -0.0900. The third kappa shape index (κ3) is 3.24. The fourth-order valence-corrected chi connectivity index (χ4v) is 2.65. The van der Waals surface area contributed by atoms with Crippen LogP contribution in [0.1, 0.15) is 33.6 Å². The van der Waals surface area contributed by atoms with Gasteiger partial charge in [-0.1, -0.05) is 20.8 Å². The van der Waals surface area contributed by atoms with Gasteiger partial charge in [0.15, 0.2) is 0 Å². The molecular weight excluding hydrogens is 198 g/mol. The first-order valence-electron chi connectivity index (χ1n) is 5.03. The van der Waals surface area contributed by atoms with Crippen molar-refractivity contribution in [3.8, 4) is 0 Å². The van der Waals surface area contributed by atoms with Crippen molar-refractivity contribution in [1.82, 2.24) is 4.31 Å². The first kappa shape index (κ1) is 12.0. The van der Waals surface area contributed by atoms with Crippen LogP contribution >= 0.6 is 0 Å². The van der Waals surface area contributed by atoms with Gasteiger partial charge in [-0.05, 0) is 24.7 Å². The SMILES string of the molecule is CN(C[CH]C(C)(C)C)S(=O)(=O)C1CC1. The van der Waals surface area contributed by atoms with E-state index in [2.05, 4.69) is 20.8 Å². The van der Waals surface area contributed by atoms with Gasteiger partial charge in [-0.25, -0.2) is 12.7 Å². The van der Waals surface area contributed by atoms with Crippen LogP contribution in [0.3, 0.4) is 0 Å². The highest BCUT2D eigenvalue weighted by atomic mass is 32.2. The number of rotatable bonds is 4. The minimum atomic E-state index is -2.99. The van der Waals surface area contributed by atoms with Crippen molar-refractivity contribution >= 4 is 10.0 Å². The number of hydrogen-bond donors (Lipinski definition) is 0. The van der Waals surface area contributed by atoms with Crippen molar-refractivity contribution in [1.29, 1.82) is 0 Å². The highest BCUT2D eigenvalue weighted by Crippen LogP contribution is 2.30. The van der Waals surface area contributed by atoms with E-state index in [4.69, 9.17) is 0 Å². The molecule has 14 heavy (non-hydrogen) atoms. The van der Waals surface area contributed by atoms with E-state index in [0.717, 1.165) is 12.8 Å². The van der Waals surface area contributed by atoms with E-state index in [-0.39, 0.29) is 10.7 Å². The van der Waals surface area contributed by atoms with Gasteiger partial charge < -0.3 is 0 Å². The summed E-state index contributed by atoms with van der Waals surface area (Å²) in [5.74, 6) is 0. The van der Waals surface area contributed by atoms with Crippen molar-refractivity contribution < 1.29 is 8.42 Å². The molecule has 0 aromatic carbocycles. The second-order valence-electron chi connectivity index (χ2n) is 5.09. The van der Waals surface area contributed by atoms with Gasteiger partial charge in [0, 0.05) is 13.6 Å². The van der Waals surface area contributed by atoms with Crippen LogP contribution in [-0.4, -0.2) is 31.6 Å². The Kier molecular flexibility index (Phi) is 3.26. The summed E-state index contributed by atoms with van der Waals surface area (Å²) in [6.45, 7) is 6.74. The highest BCUT2D eigenvalue weighted by molar-refractivity contribution is 7.90. The third-order valence-corrected chi connectivity index (χ3v) is 4.67. The van der Waals surface area contributed by atoms with Gasteiger partial charge in [0.1, 0.15) is 0 Å². The van der Waals surface area contributed by atoms with E-state index in [9.17, 15) is 8.42 Å². The fraction of sp³-hybridized carbons (Fsp3) is 0.900. The summed E-state index contributed by atoms with van der Waals surface area (Å²) >= 11 is 0. The summed E-state index contributed by atoms with van der Waals surface area (Å²) in [5.41, 5.74) is 0.0767. The summed E-state index contributed by atoms with van der Waals surface area (Å²) in [5, 5.41) is -0.0964. The van der Waals surface area contributed by atoms with Crippen LogP contribution in [0, 0.1) is 11.8 Å². The smallest absolute Gasteiger partial charge is 0.212 e. The van der Waals surface area contributed by atoms with Gasteiger partial charge in [-0.3, -0.25) is 0 Å². The van der Waals surface area contributed by atoms with E-state index in [1.807, 2.05) is 6.42 Å². The van der Waals surface area contributed by atoms with Crippen molar-refractivity contribution in [3.05, 3.63) is 6.42 Å². The lowest BCUT2D eigenvalue weighted by Crippen LogP contribution is -2.32. The zero-order chi connectivity index (χ0) is 11.0. The molecule has 0 unspecified atom stereocenters. The maximum absolute atomic E-state index is 11.7. The maximum atomic E-state index is 11.7. The van der Waals surface area contributed by atoms with Gasteiger partial charge in [0.2, 0.25) is 10.0 Å². The molecule has 0 aliphatic heterocycles. The van der Waals surface area contributed by atoms with Gasteiger partial charge in [-0.2, -0.15) is 0 Å². The lowest BCUT2D eigenvalue weighted by atomic mass is 9.92. The van der Waals surface area contributed by atoms with Crippen LogP contribution in [-0.2, 0) is 10.0 Å². The Balaban J connectivity index is 2.46. The Morgan fingerprint density at radius 1 is 1.36 bits per heavy atom. The molecule has 0 aromatic heterocycles. The van der Waals surface area contributed by atoms with Crippen LogP contribution < -0.4 is 0 Å². The Morgan fingerprint density at radius 2 is 1.86 bits per heavy atom. The zero-order valence-electron chi connectivity index (χ0n) is 9.45. The average molecular weight is 218 g/mol. The first-order valence-corrected chi connectivity index (χ1v) is 6.53. The van der Waals surface area contributed by atoms with E-state index in [1.54, 1.807) is 7.05 Å². The summed E-state index contributed by atoms with van der Waals surface area (Å²) in [6, 6.07) is 0. The minimum absolute atomic E-state index is 0.0767. The van der Waals surface area contributed by atoms with E-state index < -0.39 is 10.0 Å². The van der Waals surface area contributed by atoms with Crippen LogP contribution in [0.5, 0.6) is 0 Å². The molecule has 0 aromatic rings. The fourth-order valence-electron chi connectivity index (χ4n) is 1.13. The second-order valence-corrected chi connectivity index (χ2v) is 7.41. The average Bonchev–Trinajstić information content (AvgIpc) is 2.80. The lowest BCUT2D eigenvalue weighted by Gasteiger charge is -2.22. The van der Waals surface area contributed by atoms with Crippen LogP contribution in [0.2, 0.25) is 0 Å². The number of nitrogens with zero attached hydrogens (tertiary/aromatic N) is 1. The second kappa shape index (κ2) is 3.81. The third-order valence-electron chi connectivity index (χ3n) is 2.34. The first-order chi connectivity index (χ1) is 6.23. The molecule has 0 amide bonds. The largest absolute Gasteiger partial charge is 0.216 e. The van der Waals surface area contributed by atoms with E-state index >= 15 is 0 Å². The van der Waals surface area contributed by atoms with E-state index in [0.29, 0.717) is 6.54 Å². The molecule has 0 saturated heterocycles. The van der Waals surface area contributed by atoms with Gasteiger partial charge >= 0.3 is 0 Å². The molecule has 0 heterocycles. The molecule has 0 bridgehead atoms. The molecule has 1 saturated carbocycles. The molecule has 0 atom stereocenters. The molecule has 1 radical (unpaired) electrons. The minimum Gasteiger partial charge on any atom is -0.212 e. The lowest BCUT2D eigenvalue weighted by molar-refractivity contribution is 0.421. The molecule has 4 heteroatoms. The summed E-state index contributed by atoms with van der Waals surface area (Å²) < 4.78 is 24.9. The molecule has 0 N–H and O–H groups in total. The number of sulfonamides is 1. The quantitative estimate of drug-likeness (QED) is 0.719. The number of hydrogen-bond acceptors (Lipinski definition) is 2. The molecule has 3 nitrogen and oxygen atoms in total. The Morgan fingerprint density at radius 3 is 2.21 bits per heavy atom. The highest BCUT2D eigenvalue weighted by Gasteiger charge is 2.38. The van der Waals surface area contributed by atoms with Gasteiger partial charge in [0.25, 0.3) is 0 Å². The van der Waals surface area contributed by atoms with Crippen LogP contribution in [0.4, 0.5) is 0 Å². The zero-order valence-corrected chi connectivity index (χ0v) is 10.3. The summed E-state index contributed by atoms with van der Waals surface area (Å²) in [4.78, 5) is 0. The molecule has 1 rings (SSSR count). The van der Waals surface area contributed by atoms with Gasteiger partial charge in [0.05, 0.1) is 5.25 Å². The van der Waals surface area contributed by atoms with Crippen molar-refractivity contribution in [3.63, 3.8) is 0 Å². The summed E-state index contributed by atoms with van der Waals surface area (Å²) in [6.07, 6.45) is 3.71. The molecule has 0 spiro atoms. The maximum Gasteiger partial charge on any atom is 0.216 e.